The van der Waals surface area contributed by atoms with E-state index in [1.54, 1.807) is 24.4 Å². The number of rotatable bonds is 4. The molecule has 1 amide bonds. The number of nitrogens with zero attached hydrogens (tertiary/aromatic N) is 2. The second-order valence-electron chi connectivity index (χ2n) is 5.93. The number of fused-ring (bicyclic) bond motifs is 1. The highest BCUT2D eigenvalue weighted by molar-refractivity contribution is 6.07. The van der Waals surface area contributed by atoms with E-state index in [4.69, 9.17) is 0 Å². The van der Waals surface area contributed by atoms with Crippen molar-refractivity contribution in [1.82, 2.24) is 15.6 Å². The van der Waals surface area contributed by atoms with E-state index in [0.717, 1.165) is 16.3 Å². The maximum absolute atomic E-state index is 13.1. The number of aromatic nitrogens is 2. The Bertz CT molecular complexity index is 1130. The summed E-state index contributed by atoms with van der Waals surface area (Å²) in [7, 11) is 0. The van der Waals surface area contributed by atoms with E-state index < -0.39 is 0 Å². The molecule has 0 aliphatic rings. The van der Waals surface area contributed by atoms with Crippen molar-refractivity contribution in [3.05, 3.63) is 89.9 Å². The quantitative estimate of drug-likeness (QED) is 0.425. The Kier molecular flexibility index (Phi) is 4.45. The summed E-state index contributed by atoms with van der Waals surface area (Å²) in [6.45, 7) is 0. The number of hydrogen-bond acceptors (Lipinski definition) is 3. The van der Waals surface area contributed by atoms with Crippen LogP contribution in [0.25, 0.3) is 22.0 Å². The van der Waals surface area contributed by atoms with Crippen molar-refractivity contribution < 1.29 is 9.18 Å². The van der Waals surface area contributed by atoms with Crippen LogP contribution in [0.15, 0.2) is 78.0 Å². The number of carbonyl (C=O) groups excluding carboxylic acids is 1. The Morgan fingerprint density at radius 3 is 2.67 bits per heavy atom. The predicted octanol–water partition coefficient (Wildman–Crippen LogP) is 4.13. The minimum absolute atomic E-state index is 0.296. The van der Waals surface area contributed by atoms with E-state index in [9.17, 15) is 9.18 Å². The molecule has 1 heterocycles. The van der Waals surface area contributed by atoms with Gasteiger partial charge < -0.3 is 0 Å². The number of benzene rings is 3. The standard InChI is InChI=1S/C21H15FN4O/c22-17-10-8-15(9-11-17)20-16(12-23-25-20)13-24-26-21(27)19-7-3-5-14-4-1-2-6-18(14)19/h1-13H,(H,23,25)(H,26,27). The molecule has 0 unspecified atom stereocenters. The highest BCUT2D eigenvalue weighted by atomic mass is 19.1. The number of H-pyrrole nitrogens is 1. The number of amides is 1. The van der Waals surface area contributed by atoms with Gasteiger partial charge in [-0.05, 0) is 41.1 Å². The first-order valence-corrected chi connectivity index (χ1v) is 8.33. The minimum Gasteiger partial charge on any atom is -0.277 e. The zero-order chi connectivity index (χ0) is 18.6. The van der Waals surface area contributed by atoms with Gasteiger partial charge in [0.1, 0.15) is 5.82 Å². The van der Waals surface area contributed by atoms with Crippen LogP contribution in [0.1, 0.15) is 15.9 Å². The van der Waals surface area contributed by atoms with Gasteiger partial charge in [-0.3, -0.25) is 9.89 Å². The zero-order valence-corrected chi connectivity index (χ0v) is 14.2. The van der Waals surface area contributed by atoms with Crippen molar-refractivity contribution in [1.29, 1.82) is 0 Å². The van der Waals surface area contributed by atoms with Gasteiger partial charge in [0.25, 0.3) is 5.91 Å². The van der Waals surface area contributed by atoms with Crippen LogP contribution in [0, 0.1) is 5.82 Å². The van der Waals surface area contributed by atoms with Gasteiger partial charge in [-0.1, -0.05) is 36.4 Å². The molecule has 0 aliphatic carbocycles. The fraction of sp³-hybridized carbons (Fsp3) is 0. The van der Waals surface area contributed by atoms with Gasteiger partial charge >= 0.3 is 0 Å². The van der Waals surface area contributed by atoms with Crippen molar-refractivity contribution in [2.24, 2.45) is 5.10 Å². The highest BCUT2D eigenvalue weighted by Gasteiger charge is 2.09. The SMILES string of the molecule is O=C(NN=Cc1cn[nH]c1-c1ccc(F)cc1)c1cccc2ccccc12. The summed E-state index contributed by atoms with van der Waals surface area (Å²) in [6, 6.07) is 19.3. The maximum atomic E-state index is 13.1. The number of aromatic amines is 1. The normalized spacial score (nSPS) is 11.1. The lowest BCUT2D eigenvalue weighted by atomic mass is 10.0. The third-order valence-corrected chi connectivity index (χ3v) is 4.21. The summed E-state index contributed by atoms with van der Waals surface area (Å²) in [4.78, 5) is 12.5. The van der Waals surface area contributed by atoms with Crippen molar-refractivity contribution in [3.8, 4) is 11.3 Å². The van der Waals surface area contributed by atoms with Crippen molar-refractivity contribution in [2.45, 2.75) is 0 Å². The lowest BCUT2D eigenvalue weighted by Gasteiger charge is -2.04. The average molecular weight is 358 g/mol. The van der Waals surface area contributed by atoms with Crippen LogP contribution in [0.5, 0.6) is 0 Å². The van der Waals surface area contributed by atoms with E-state index in [0.29, 0.717) is 16.8 Å². The molecule has 0 radical (unpaired) electrons. The van der Waals surface area contributed by atoms with Gasteiger partial charge in [-0.2, -0.15) is 10.2 Å². The molecule has 0 atom stereocenters. The maximum Gasteiger partial charge on any atom is 0.271 e. The fourth-order valence-corrected chi connectivity index (χ4v) is 2.89. The van der Waals surface area contributed by atoms with Crippen LogP contribution < -0.4 is 5.43 Å². The molecular weight excluding hydrogens is 343 g/mol. The molecule has 0 aliphatic heterocycles. The van der Waals surface area contributed by atoms with Gasteiger partial charge in [0.15, 0.2) is 0 Å². The molecule has 4 aromatic rings. The first-order chi connectivity index (χ1) is 13.2. The summed E-state index contributed by atoms with van der Waals surface area (Å²) >= 11 is 0. The Morgan fingerprint density at radius 1 is 1.04 bits per heavy atom. The molecule has 1 aromatic heterocycles. The Balaban J connectivity index is 1.54. The summed E-state index contributed by atoms with van der Waals surface area (Å²) in [5, 5.41) is 12.7. The van der Waals surface area contributed by atoms with E-state index in [1.807, 2.05) is 36.4 Å². The lowest BCUT2D eigenvalue weighted by molar-refractivity contribution is 0.0957. The Morgan fingerprint density at radius 2 is 1.81 bits per heavy atom. The van der Waals surface area contributed by atoms with Crippen LogP contribution in [0.4, 0.5) is 4.39 Å². The van der Waals surface area contributed by atoms with Crippen LogP contribution in [-0.4, -0.2) is 22.3 Å². The van der Waals surface area contributed by atoms with Crippen molar-refractivity contribution >= 4 is 22.9 Å². The van der Waals surface area contributed by atoms with E-state index in [2.05, 4.69) is 20.7 Å². The summed E-state index contributed by atoms with van der Waals surface area (Å²) < 4.78 is 13.1. The molecule has 27 heavy (non-hydrogen) atoms. The summed E-state index contributed by atoms with van der Waals surface area (Å²) in [6.07, 6.45) is 3.09. The van der Waals surface area contributed by atoms with Crippen LogP contribution in [-0.2, 0) is 0 Å². The van der Waals surface area contributed by atoms with Gasteiger partial charge in [0.2, 0.25) is 0 Å². The molecular formula is C21H15FN4O. The predicted molar refractivity (Wildman–Crippen MR) is 103 cm³/mol. The molecule has 3 aromatic carbocycles. The van der Waals surface area contributed by atoms with Crippen LogP contribution in [0.2, 0.25) is 0 Å². The minimum atomic E-state index is -0.309. The number of nitrogens with one attached hydrogen (secondary N) is 2. The average Bonchev–Trinajstić information content (AvgIpc) is 3.16. The smallest absolute Gasteiger partial charge is 0.271 e. The van der Waals surface area contributed by atoms with Crippen molar-refractivity contribution in [2.75, 3.05) is 0 Å². The summed E-state index contributed by atoms with van der Waals surface area (Å²) in [5.41, 5.74) is 5.25. The number of halogens is 1. The van der Waals surface area contributed by atoms with E-state index in [-0.39, 0.29) is 11.7 Å². The molecule has 6 heteroatoms. The van der Waals surface area contributed by atoms with Gasteiger partial charge in [-0.25, -0.2) is 9.82 Å². The second-order valence-corrected chi connectivity index (χ2v) is 5.93. The first-order valence-electron chi connectivity index (χ1n) is 8.33. The zero-order valence-electron chi connectivity index (χ0n) is 14.2. The first kappa shape index (κ1) is 16.7. The molecule has 2 N–H and O–H groups in total. The molecule has 5 nitrogen and oxygen atoms in total. The van der Waals surface area contributed by atoms with Crippen molar-refractivity contribution in [3.63, 3.8) is 0 Å². The molecule has 0 saturated heterocycles. The van der Waals surface area contributed by atoms with E-state index in [1.165, 1.54) is 18.3 Å². The Hall–Kier alpha value is -3.80. The molecule has 4 rings (SSSR count). The molecule has 0 fully saturated rings. The number of hydrazone groups is 1. The third kappa shape index (κ3) is 3.46. The third-order valence-electron chi connectivity index (χ3n) is 4.21. The molecule has 0 saturated carbocycles. The second kappa shape index (κ2) is 7.21. The lowest BCUT2D eigenvalue weighted by Crippen LogP contribution is -2.17. The van der Waals surface area contributed by atoms with Gasteiger partial charge in [0, 0.05) is 16.7 Å². The molecule has 0 spiro atoms. The largest absolute Gasteiger partial charge is 0.277 e. The Labute approximate surface area is 154 Å². The number of carbonyl (C=O) groups is 1. The monoisotopic (exact) mass is 358 g/mol. The van der Waals surface area contributed by atoms with Crippen LogP contribution >= 0.6 is 0 Å². The number of hydrogen-bond donors (Lipinski definition) is 2. The highest BCUT2D eigenvalue weighted by Crippen LogP contribution is 2.20. The van der Waals surface area contributed by atoms with Gasteiger partial charge in [0.05, 0.1) is 18.1 Å². The topological polar surface area (TPSA) is 70.1 Å². The van der Waals surface area contributed by atoms with Crippen LogP contribution in [0.3, 0.4) is 0 Å². The van der Waals surface area contributed by atoms with E-state index >= 15 is 0 Å². The summed E-state index contributed by atoms with van der Waals surface area (Å²) in [5.74, 6) is -0.606. The fourth-order valence-electron chi connectivity index (χ4n) is 2.89. The molecule has 132 valence electrons. The van der Waals surface area contributed by atoms with Gasteiger partial charge in [-0.15, -0.1) is 0 Å². The molecule has 0 bridgehead atoms.